The van der Waals surface area contributed by atoms with Gasteiger partial charge in [0.2, 0.25) is 0 Å². The highest BCUT2D eigenvalue weighted by atomic mass is 32.1. The summed E-state index contributed by atoms with van der Waals surface area (Å²) in [5.74, 6) is -1.57. The highest BCUT2D eigenvalue weighted by molar-refractivity contribution is 7.12. The lowest BCUT2D eigenvalue weighted by molar-refractivity contribution is -0.135. The zero-order chi connectivity index (χ0) is 24.0. The fourth-order valence-corrected chi connectivity index (χ4v) is 6.13. The number of nitrogens with zero attached hydrogens (tertiary/aromatic N) is 3. The molecular formula is C21H25F3N4O4S. The number of carbonyl (C=O) groups excluding carboxylic acids is 1. The molecule has 2 atom stereocenters. The third kappa shape index (κ3) is 4.52. The van der Waals surface area contributed by atoms with Gasteiger partial charge < -0.3 is 20.7 Å². The number of nitrogens with two attached hydrogens (primary N) is 1. The van der Waals surface area contributed by atoms with Crippen LogP contribution in [0.4, 0.5) is 13.2 Å². The van der Waals surface area contributed by atoms with Gasteiger partial charge in [0.05, 0.1) is 25.6 Å². The summed E-state index contributed by atoms with van der Waals surface area (Å²) in [7, 11) is 0. The fourth-order valence-electron chi connectivity index (χ4n) is 4.72. The van der Waals surface area contributed by atoms with Crippen molar-refractivity contribution in [2.24, 2.45) is 5.73 Å². The molecule has 1 fully saturated rings. The van der Waals surface area contributed by atoms with E-state index in [1.54, 1.807) is 12.4 Å². The molecule has 2 aromatic rings. The Balaban J connectivity index is 1.53. The highest BCUT2D eigenvalue weighted by Crippen LogP contribution is 2.51. The number of carbonyl (C=O) groups is 1. The number of likely N-dealkylation sites (tertiary alicyclic amines) is 1. The van der Waals surface area contributed by atoms with Gasteiger partial charge in [0.15, 0.2) is 5.76 Å². The van der Waals surface area contributed by atoms with Crippen molar-refractivity contribution in [2.45, 2.75) is 57.2 Å². The van der Waals surface area contributed by atoms with Gasteiger partial charge in [-0.1, -0.05) is 0 Å². The molecule has 12 heteroatoms. The van der Waals surface area contributed by atoms with Crippen LogP contribution in [0.2, 0.25) is 0 Å². The number of ether oxygens (including phenoxy) is 1. The number of primary amides is 1. The van der Waals surface area contributed by atoms with Gasteiger partial charge in [-0.15, -0.1) is 11.3 Å². The molecular weight excluding hydrogens is 461 g/mol. The number of thiophene rings is 1. The molecule has 0 bridgehead atoms. The first-order valence-electron chi connectivity index (χ1n) is 10.5. The second kappa shape index (κ2) is 8.75. The first kappa shape index (κ1) is 23.7. The van der Waals surface area contributed by atoms with E-state index in [4.69, 9.17) is 10.5 Å². The highest BCUT2D eigenvalue weighted by Gasteiger charge is 2.48. The van der Waals surface area contributed by atoms with E-state index in [1.165, 1.54) is 4.68 Å². The molecule has 1 spiro atoms. The fraction of sp³-hybridized carbons (Fsp3) is 0.524. The van der Waals surface area contributed by atoms with Crippen LogP contribution in [0.5, 0.6) is 0 Å². The Morgan fingerprint density at radius 1 is 1.48 bits per heavy atom. The smallest absolute Gasteiger partial charge is 0.425 e. The van der Waals surface area contributed by atoms with E-state index in [2.05, 4.69) is 10.00 Å². The number of aliphatic hydroxyl groups excluding tert-OH is 2. The first-order valence-corrected chi connectivity index (χ1v) is 11.3. The summed E-state index contributed by atoms with van der Waals surface area (Å²) in [4.78, 5) is 13.0. The van der Waals surface area contributed by atoms with Gasteiger partial charge in [0.1, 0.15) is 10.5 Å². The van der Waals surface area contributed by atoms with Crippen molar-refractivity contribution < 1.29 is 32.9 Å². The number of aliphatic hydroxyl groups is 2. The van der Waals surface area contributed by atoms with Gasteiger partial charge in [-0.2, -0.15) is 18.3 Å². The summed E-state index contributed by atoms with van der Waals surface area (Å²) in [5, 5.41) is 23.2. The molecule has 2 aromatic heterocycles. The number of amides is 1. The SMILES string of the molecule is C[C@H]1C[C@@]2(CCN1Cc1cnn(C=C(O)C(N)=O)c1)OCCc1c2sc(C(F)(F)F)c1CO. The van der Waals surface area contributed by atoms with Crippen molar-refractivity contribution >= 4 is 23.4 Å². The molecule has 0 aromatic carbocycles. The Morgan fingerprint density at radius 2 is 2.24 bits per heavy atom. The van der Waals surface area contributed by atoms with Crippen LogP contribution < -0.4 is 5.73 Å². The van der Waals surface area contributed by atoms with Crippen molar-refractivity contribution in [3.63, 3.8) is 0 Å². The number of hydrogen-bond acceptors (Lipinski definition) is 7. The Labute approximate surface area is 192 Å². The third-order valence-electron chi connectivity index (χ3n) is 6.28. The first-order chi connectivity index (χ1) is 15.5. The minimum absolute atomic E-state index is 0.0108. The second-order valence-corrected chi connectivity index (χ2v) is 9.47. The molecule has 0 saturated carbocycles. The zero-order valence-electron chi connectivity index (χ0n) is 17.9. The van der Waals surface area contributed by atoms with Crippen LogP contribution in [0.25, 0.3) is 6.20 Å². The minimum Gasteiger partial charge on any atom is -0.502 e. The number of aromatic nitrogens is 2. The lowest BCUT2D eigenvalue weighted by Crippen LogP contribution is -2.50. The van der Waals surface area contributed by atoms with Crippen LogP contribution >= 0.6 is 11.3 Å². The summed E-state index contributed by atoms with van der Waals surface area (Å²) in [6, 6.07) is 0.0108. The van der Waals surface area contributed by atoms with E-state index in [-0.39, 0.29) is 11.6 Å². The topological polar surface area (TPSA) is 114 Å². The maximum absolute atomic E-state index is 13.6. The van der Waals surface area contributed by atoms with Gasteiger partial charge in [-0.05, 0) is 31.7 Å². The Hall–Kier alpha value is -2.41. The van der Waals surface area contributed by atoms with Gasteiger partial charge >= 0.3 is 6.18 Å². The van der Waals surface area contributed by atoms with Crippen LogP contribution in [-0.2, 0) is 40.9 Å². The molecule has 33 heavy (non-hydrogen) atoms. The van der Waals surface area contributed by atoms with Crippen molar-refractivity contribution in [1.29, 1.82) is 0 Å². The molecule has 2 aliphatic rings. The standard InChI is InChI=1S/C21H25F3N4O4S/c1-12-6-20(17-14(2-5-32-20)15(11-29)18(33-17)21(22,23)24)3-4-27(12)8-13-7-26-28(9-13)10-16(30)19(25)31/h7,9-10,12,29-30H,2-6,8,11H2,1H3,(H2,25,31)/t12-,20+/m0/s1. The van der Waals surface area contributed by atoms with Crippen molar-refractivity contribution in [3.8, 4) is 0 Å². The molecule has 4 N–H and O–H groups in total. The maximum atomic E-state index is 13.6. The number of fused-ring (bicyclic) bond motifs is 2. The lowest BCUT2D eigenvalue weighted by atomic mass is 9.81. The van der Waals surface area contributed by atoms with E-state index in [0.29, 0.717) is 60.7 Å². The molecule has 1 saturated heterocycles. The lowest BCUT2D eigenvalue weighted by Gasteiger charge is -2.47. The molecule has 4 rings (SSSR count). The molecule has 1 amide bonds. The van der Waals surface area contributed by atoms with Crippen LogP contribution in [-0.4, -0.2) is 50.0 Å². The monoisotopic (exact) mass is 486 g/mol. The normalized spacial score (nSPS) is 24.3. The van der Waals surface area contributed by atoms with Crippen molar-refractivity contribution in [1.82, 2.24) is 14.7 Å². The maximum Gasteiger partial charge on any atom is 0.425 e. The average Bonchev–Trinajstić information content (AvgIpc) is 3.35. The summed E-state index contributed by atoms with van der Waals surface area (Å²) < 4.78 is 48.2. The molecule has 8 nitrogen and oxygen atoms in total. The Kier molecular flexibility index (Phi) is 6.29. The zero-order valence-corrected chi connectivity index (χ0v) is 18.7. The van der Waals surface area contributed by atoms with E-state index in [1.807, 2.05) is 6.92 Å². The third-order valence-corrected chi connectivity index (χ3v) is 7.78. The number of alkyl halides is 3. The molecule has 4 heterocycles. The van der Waals surface area contributed by atoms with Gasteiger partial charge in [-0.3, -0.25) is 9.69 Å². The van der Waals surface area contributed by atoms with E-state index in [9.17, 15) is 28.2 Å². The number of halogens is 3. The average molecular weight is 487 g/mol. The van der Waals surface area contributed by atoms with Crippen LogP contribution in [0.1, 0.15) is 46.2 Å². The molecule has 180 valence electrons. The number of piperidine rings is 1. The van der Waals surface area contributed by atoms with E-state index in [0.717, 1.165) is 11.8 Å². The Bertz CT molecular complexity index is 1080. The number of rotatable bonds is 5. The van der Waals surface area contributed by atoms with Gasteiger partial charge in [0.25, 0.3) is 5.91 Å². The molecule has 0 aliphatic carbocycles. The summed E-state index contributed by atoms with van der Waals surface area (Å²) >= 11 is 0.708. The number of hydrogen-bond donors (Lipinski definition) is 3. The molecule has 0 radical (unpaired) electrons. The largest absolute Gasteiger partial charge is 0.502 e. The molecule has 0 unspecified atom stereocenters. The predicted molar refractivity (Wildman–Crippen MR) is 114 cm³/mol. The predicted octanol–water partition coefficient (Wildman–Crippen LogP) is 2.75. The van der Waals surface area contributed by atoms with Crippen LogP contribution in [0, 0.1) is 0 Å². The summed E-state index contributed by atoms with van der Waals surface area (Å²) in [5.41, 5.74) is 5.64. The summed E-state index contributed by atoms with van der Waals surface area (Å²) in [6.07, 6.45) is 1.30. The molecule has 2 aliphatic heterocycles. The Morgan fingerprint density at radius 3 is 2.88 bits per heavy atom. The van der Waals surface area contributed by atoms with Gasteiger partial charge in [-0.25, -0.2) is 4.68 Å². The van der Waals surface area contributed by atoms with Gasteiger partial charge in [0, 0.05) is 41.3 Å². The summed E-state index contributed by atoms with van der Waals surface area (Å²) in [6.45, 7) is 2.83. The van der Waals surface area contributed by atoms with Crippen LogP contribution in [0.3, 0.4) is 0 Å². The van der Waals surface area contributed by atoms with E-state index >= 15 is 0 Å². The van der Waals surface area contributed by atoms with Crippen molar-refractivity contribution in [2.75, 3.05) is 13.2 Å². The van der Waals surface area contributed by atoms with Crippen LogP contribution in [0.15, 0.2) is 18.2 Å². The quantitative estimate of drug-likeness (QED) is 0.443. The second-order valence-electron chi connectivity index (χ2n) is 8.45. The van der Waals surface area contributed by atoms with Crippen molar-refractivity contribution in [3.05, 3.63) is 44.6 Å². The van der Waals surface area contributed by atoms with E-state index < -0.39 is 34.9 Å². The minimum atomic E-state index is -4.51.